The number of piperidine rings is 1. The molecule has 1 saturated heterocycles. The van der Waals surface area contributed by atoms with Crippen molar-refractivity contribution >= 4 is 29.3 Å². The molecule has 1 aliphatic carbocycles. The molecule has 0 radical (unpaired) electrons. The monoisotopic (exact) mass is 656 g/mol. The third-order valence-electron chi connectivity index (χ3n) is 9.33. The van der Waals surface area contributed by atoms with E-state index in [0.29, 0.717) is 17.3 Å². The summed E-state index contributed by atoms with van der Waals surface area (Å²) in [5.41, 5.74) is 3.39. The molecule has 7 rings (SSSR count). The lowest BCUT2D eigenvalue weighted by Gasteiger charge is -2.36. The summed E-state index contributed by atoms with van der Waals surface area (Å²) in [7, 11) is 0. The van der Waals surface area contributed by atoms with Crippen LogP contribution in [0.5, 0.6) is 17.4 Å². The minimum Gasteiger partial charge on any atom is -0.490 e. The normalized spacial score (nSPS) is 20.2. The molecule has 1 aromatic heterocycles. The van der Waals surface area contributed by atoms with Gasteiger partial charge in [-0.2, -0.15) is 5.26 Å². The number of amides is 4. The second kappa shape index (κ2) is 12.5. The van der Waals surface area contributed by atoms with Crippen molar-refractivity contribution in [2.24, 2.45) is 0 Å². The van der Waals surface area contributed by atoms with Crippen molar-refractivity contribution in [3.05, 3.63) is 107 Å². The van der Waals surface area contributed by atoms with E-state index in [1.54, 1.807) is 18.2 Å². The van der Waals surface area contributed by atoms with E-state index in [2.05, 4.69) is 46.6 Å². The first-order valence-corrected chi connectivity index (χ1v) is 16.0. The Bertz CT molecular complexity index is 2000. The van der Waals surface area contributed by atoms with E-state index in [1.165, 1.54) is 12.4 Å². The number of fused-ring (bicyclic) bond motifs is 1. The first-order chi connectivity index (χ1) is 23.6. The number of anilines is 1. The summed E-state index contributed by atoms with van der Waals surface area (Å²) in [6, 6.07) is 22.0. The fourth-order valence-corrected chi connectivity index (χ4v) is 6.37. The molecule has 3 aromatic carbocycles. The number of aromatic nitrogens is 2. The Hall–Kier alpha value is -6.09. The third kappa shape index (κ3) is 6.18. The zero-order valence-corrected chi connectivity index (χ0v) is 26.8. The Morgan fingerprint density at radius 2 is 1.55 bits per heavy atom. The van der Waals surface area contributed by atoms with E-state index < -0.39 is 29.7 Å². The number of carbonyl (C=O) groups excluding carboxylic acids is 4. The molecule has 12 nitrogen and oxygen atoms in total. The summed E-state index contributed by atoms with van der Waals surface area (Å²) in [4.78, 5) is 59.0. The van der Waals surface area contributed by atoms with E-state index in [9.17, 15) is 19.2 Å². The van der Waals surface area contributed by atoms with Crippen molar-refractivity contribution in [2.45, 2.75) is 63.1 Å². The average molecular weight is 657 g/mol. The molecule has 0 spiro atoms. The second-order valence-electron chi connectivity index (χ2n) is 12.9. The van der Waals surface area contributed by atoms with Crippen LogP contribution in [0, 0.1) is 11.3 Å². The topological polar surface area (TPSA) is 164 Å². The van der Waals surface area contributed by atoms with E-state index in [-0.39, 0.29) is 47.2 Å². The summed E-state index contributed by atoms with van der Waals surface area (Å²) in [5, 5.41) is 14.5. The predicted molar refractivity (Wildman–Crippen MR) is 176 cm³/mol. The highest BCUT2D eigenvalue weighted by atomic mass is 16.5. The van der Waals surface area contributed by atoms with Crippen LogP contribution in [0.2, 0.25) is 0 Å². The molecule has 246 valence electrons. The highest BCUT2D eigenvalue weighted by molar-refractivity contribution is 6.23. The van der Waals surface area contributed by atoms with Gasteiger partial charge < -0.3 is 14.8 Å². The Labute approximate surface area is 282 Å². The van der Waals surface area contributed by atoms with Crippen LogP contribution in [0.1, 0.15) is 77.1 Å². The van der Waals surface area contributed by atoms with Crippen molar-refractivity contribution in [3.63, 3.8) is 0 Å². The molecule has 2 N–H and O–H groups in total. The molecule has 1 saturated carbocycles. The van der Waals surface area contributed by atoms with Gasteiger partial charge in [-0.25, -0.2) is 9.97 Å². The van der Waals surface area contributed by atoms with Crippen LogP contribution in [0.25, 0.3) is 0 Å². The Balaban J connectivity index is 0.915. The fraction of sp³-hybridized carbons (Fsp3) is 0.270. The highest BCUT2D eigenvalue weighted by Crippen LogP contribution is 2.36. The van der Waals surface area contributed by atoms with Crippen LogP contribution < -0.4 is 20.1 Å². The van der Waals surface area contributed by atoms with Crippen LogP contribution >= 0.6 is 0 Å². The van der Waals surface area contributed by atoms with E-state index in [1.807, 2.05) is 42.5 Å². The molecule has 12 heteroatoms. The van der Waals surface area contributed by atoms with Gasteiger partial charge in [0.1, 0.15) is 29.7 Å². The Morgan fingerprint density at radius 1 is 0.878 bits per heavy atom. The lowest BCUT2D eigenvalue weighted by Crippen LogP contribution is -2.54. The van der Waals surface area contributed by atoms with Crippen molar-refractivity contribution < 1.29 is 28.7 Å². The molecular weight excluding hydrogens is 624 g/mol. The van der Waals surface area contributed by atoms with E-state index in [4.69, 9.17) is 14.7 Å². The van der Waals surface area contributed by atoms with Gasteiger partial charge in [0.25, 0.3) is 11.8 Å². The minimum atomic E-state index is -0.990. The number of benzene rings is 3. The molecule has 2 fully saturated rings. The first kappa shape index (κ1) is 31.5. The summed E-state index contributed by atoms with van der Waals surface area (Å²) in [5.74, 6) is -0.368. The Kier molecular flexibility index (Phi) is 8.04. The standard InChI is InChI=1S/C37H32N6O6/c1-37(2,22-5-10-27(11-6-22)49-33-20-39-25(18-38)19-40-33)21-3-8-26(9-4-21)48-28-15-24(16-28)41-23-7-12-29-30(17-23)36(47)43(35(29)46)31-13-14-32(44)42-34(31)45/h3-12,17,19-20,24,28,31,41H,13-16H2,1-2H3,(H,42,44,45)/t24?,28?,31-/m1/s1. The van der Waals surface area contributed by atoms with Crippen molar-refractivity contribution in [1.29, 1.82) is 5.26 Å². The van der Waals surface area contributed by atoms with Gasteiger partial charge in [0, 0.05) is 36.4 Å². The number of rotatable bonds is 9. The smallest absolute Gasteiger partial charge is 0.262 e. The van der Waals surface area contributed by atoms with Gasteiger partial charge >= 0.3 is 0 Å². The number of nitriles is 1. The van der Waals surface area contributed by atoms with Crippen LogP contribution in [-0.4, -0.2) is 56.7 Å². The number of nitrogens with zero attached hydrogens (tertiary/aromatic N) is 4. The molecule has 4 aromatic rings. The summed E-state index contributed by atoms with van der Waals surface area (Å²) >= 11 is 0. The fourth-order valence-electron chi connectivity index (χ4n) is 6.37. The number of hydrogen-bond acceptors (Lipinski definition) is 10. The lowest BCUT2D eigenvalue weighted by atomic mass is 9.78. The van der Waals surface area contributed by atoms with Crippen LogP contribution in [-0.2, 0) is 15.0 Å². The predicted octanol–water partition coefficient (Wildman–Crippen LogP) is 4.89. The third-order valence-corrected chi connectivity index (χ3v) is 9.33. The SMILES string of the molecule is CC(C)(c1ccc(Oc2cnc(C#N)cn2)cc1)c1ccc(OC2CC(Nc3ccc4c(c3)C(=O)N([C@@H]3CCC(=O)NC3=O)C4=O)C2)cc1. The minimum absolute atomic E-state index is 0.0327. The van der Waals surface area contributed by atoms with E-state index in [0.717, 1.165) is 34.6 Å². The highest BCUT2D eigenvalue weighted by Gasteiger charge is 2.44. The number of hydrogen-bond donors (Lipinski definition) is 2. The van der Waals surface area contributed by atoms with Crippen molar-refractivity contribution in [2.75, 3.05) is 5.32 Å². The lowest BCUT2D eigenvalue weighted by molar-refractivity contribution is -0.136. The average Bonchev–Trinajstić information content (AvgIpc) is 3.33. The Morgan fingerprint density at radius 3 is 2.18 bits per heavy atom. The molecule has 4 amide bonds. The van der Waals surface area contributed by atoms with Gasteiger partial charge in [-0.15, -0.1) is 0 Å². The number of nitrogens with one attached hydrogen (secondary N) is 2. The van der Waals surface area contributed by atoms with E-state index >= 15 is 0 Å². The zero-order valence-electron chi connectivity index (χ0n) is 26.8. The molecule has 3 aliphatic rings. The molecule has 49 heavy (non-hydrogen) atoms. The van der Waals surface area contributed by atoms with Crippen molar-refractivity contribution in [3.8, 4) is 23.4 Å². The van der Waals surface area contributed by atoms with Gasteiger partial charge in [0.2, 0.25) is 17.7 Å². The molecule has 3 heterocycles. The zero-order chi connectivity index (χ0) is 34.3. The van der Waals surface area contributed by atoms with Gasteiger partial charge in [-0.1, -0.05) is 38.1 Å². The maximum Gasteiger partial charge on any atom is 0.262 e. The molecule has 0 unspecified atom stereocenters. The van der Waals surface area contributed by atoms with Crippen LogP contribution in [0.3, 0.4) is 0 Å². The molecule has 0 bridgehead atoms. The van der Waals surface area contributed by atoms with Gasteiger partial charge in [-0.3, -0.25) is 29.4 Å². The van der Waals surface area contributed by atoms with Gasteiger partial charge in [-0.05, 0) is 60.0 Å². The molecule has 2 aliphatic heterocycles. The van der Waals surface area contributed by atoms with Gasteiger partial charge in [0.15, 0.2) is 5.69 Å². The maximum absolute atomic E-state index is 13.1. The molecule has 1 atom stereocenters. The van der Waals surface area contributed by atoms with Crippen LogP contribution in [0.4, 0.5) is 5.69 Å². The largest absolute Gasteiger partial charge is 0.490 e. The number of imide groups is 2. The first-order valence-electron chi connectivity index (χ1n) is 16.0. The second-order valence-corrected chi connectivity index (χ2v) is 12.9. The summed E-state index contributed by atoms with van der Waals surface area (Å²) < 4.78 is 12.0. The number of ether oxygens (including phenoxy) is 2. The van der Waals surface area contributed by atoms with Crippen molar-refractivity contribution in [1.82, 2.24) is 20.2 Å². The maximum atomic E-state index is 13.1. The van der Waals surface area contributed by atoms with Crippen LogP contribution in [0.15, 0.2) is 79.1 Å². The van der Waals surface area contributed by atoms with Gasteiger partial charge in [0.05, 0.1) is 23.5 Å². The summed E-state index contributed by atoms with van der Waals surface area (Å²) in [6.45, 7) is 4.31. The quantitative estimate of drug-likeness (QED) is 0.237. The molecular formula is C37H32N6O6. The number of carbonyl (C=O) groups is 4. The summed E-state index contributed by atoms with van der Waals surface area (Å²) in [6.07, 6.45) is 4.55.